The fraction of sp³-hybridized carbons (Fsp3) is 0.182. The largest absolute Gasteiger partial charge is 0.485 e. The third kappa shape index (κ3) is 4.72. The van der Waals surface area contributed by atoms with Crippen LogP contribution in [0, 0.1) is 18.6 Å². The Morgan fingerprint density at radius 3 is 2.80 bits per heavy atom. The second-order valence-electron chi connectivity index (χ2n) is 7.02. The first-order valence-electron chi connectivity index (χ1n) is 9.55. The van der Waals surface area contributed by atoms with Gasteiger partial charge >= 0.3 is 0 Å². The highest BCUT2D eigenvalue weighted by Crippen LogP contribution is 2.19. The quantitative estimate of drug-likeness (QED) is 0.359. The van der Waals surface area contributed by atoms with Crippen LogP contribution in [-0.4, -0.2) is 30.9 Å². The summed E-state index contributed by atoms with van der Waals surface area (Å²) in [7, 11) is 0. The molecule has 0 aliphatic carbocycles. The van der Waals surface area contributed by atoms with Crippen LogP contribution >= 0.6 is 12.2 Å². The number of nitrogens with zero attached hydrogens (tertiary/aromatic N) is 5. The standard InChI is InChI=1S/C22H22N6OS/c1-16-8-9-20(17(2)10-16)29-15-21-25-26-22(30)28(21)24-12-19-11-23-27(14-19)13-18-6-4-3-5-7-18/h3-12,14H,13,15H2,1-2H3,(H,26,30)/b24-12-. The average molecular weight is 419 g/mol. The maximum Gasteiger partial charge on any atom is 0.216 e. The number of rotatable bonds is 7. The van der Waals surface area contributed by atoms with Crippen molar-refractivity contribution < 1.29 is 4.74 Å². The van der Waals surface area contributed by atoms with E-state index in [0.717, 1.165) is 16.9 Å². The van der Waals surface area contributed by atoms with E-state index in [4.69, 9.17) is 17.0 Å². The molecule has 0 fully saturated rings. The molecule has 0 bridgehead atoms. The van der Waals surface area contributed by atoms with E-state index >= 15 is 0 Å². The Labute approximate surface area is 179 Å². The molecule has 2 aromatic heterocycles. The average Bonchev–Trinajstić information content (AvgIpc) is 3.32. The number of hydrogen-bond donors (Lipinski definition) is 1. The van der Waals surface area contributed by atoms with E-state index in [1.165, 1.54) is 11.1 Å². The van der Waals surface area contributed by atoms with Gasteiger partial charge in [-0.15, -0.1) is 0 Å². The third-order valence-corrected chi connectivity index (χ3v) is 4.83. The molecule has 2 aromatic carbocycles. The molecule has 4 aromatic rings. The second kappa shape index (κ2) is 8.87. The number of nitrogens with one attached hydrogen (secondary N) is 1. The van der Waals surface area contributed by atoms with Crippen LogP contribution in [0.3, 0.4) is 0 Å². The minimum Gasteiger partial charge on any atom is -0.485 e. The molecule has 1 N–H and O–H groups in total. The zero-order chi connectivity index (χ0) is 20.9. The zero-order valence-corrected chi connectivity index (χ0v) is 17.6. The molecule has 8 heteroatoms. The van der Waals surface area contributed by atoms with Gasteiger partial charge < -0.3 is 4.74 Å². The second-order valence-corrected chi connectivity index (χ2v) is 7.40. The van der Waals surface area contributed by atoms with Gasteiger partial charge in [-0.2, -0.15) is 20.0 Å². The van der Waals surface area contributed by atoms with E-state index in [1.54, 1.807) is 17.1 Å². The molecule has 30 heavy (non-hydrogen) atoms. The topological polar surface area (TPSA) is 73.0 Å². The van der Waals surface area contributed by atoms with Crippen molar-refractivity contribution in [2.45, 2.75) is 27.0 Å². The molecule has 2 heterocycles. The Bertz CT molecular complexity index is 1220. The van der Waals surface area contributed by atoms with Crippen molar-refractivity contribution in [3.05, 3.63) is 93.8 Å². The summed E-state index contributed by atoms with van der Waals surface area (Å²) in [6.45, 7) is 5.03. The molecular formula is C22H22N6OS. The normalized spacial score (nSPS) is 11.3. The Balaban J connectivity index is 1.45. The third-order valence-electron chi connectivity index (χ3n) is 4.57. The van der Waals surface area contributed by atoms with Gasteiger partial charge in [0.25, 0.3) is 0 Å². The maximum absolute atomic E-state index is 5.91. The van der Waals surface area contributed by atoms with Crippen LogP contribution in [0.2, 0.25) is 0 Å². The summed E-state index contributed by atoms with van der Waals surface area (Å²) in [6.07, 6.45) is 5.41. The first-order chi connectivity index (χ1) is 14.6. The van der Waals surface area contributed by atoms with Gasteiger partial charge in [0, 0.05) is 11.8 Å². The zero-order valence-electron chi connectivity index (χ0n) is 16.8. The van der Waals surface area contributed by atoms with E-state index in [9.17, 15) is 0 Å². The summed E-state index contributed by atoms with van der Waals surface area (Å²) in [5, 5.41) is 15.9. The van der Waals surface area contributed by atoms with Gasteiger partial charge in [-0.3, -0.25) is 4.68 Å². The molecule has 0 unspecified atom stereocenters. The summed E-state index contributed by atoms with van der Waals surface area (Å²) in [4.78, 5) is 0. The lowest BCUT2D eigenvalue weighted by atomic mass is 10.1. The van der Waals surface area contributed by atoms with Crippen LogP contribution in [0.25, 0.3) is 0 Å². The molecule has 152 valence electrons. The van der Waals surface area contributed by atoms with Crippen molar-refractivity contribution in [2.24, 2.45) is 5.10 Å². The molecule has 0 aliphatic rings. The Morgan fingerprint density at radius 1 is 1.17 bits per heavy atom. The van der Waals surface area contributed by atoms with Crippen LogP contribution in [-0.2, 0) is 13.2 Å². The Hall–Kier alpha value is -3.52. The molecule has 0 atom stereocenters. The summed E-state index contributed by atoms with van der Waals surface area (Å²) in [5.74, 6) is 1.40. The van der Waals surface area contributed by atoms with Crippen molar-refractivity contribution in [3.8, 4) is 5.75 Å². The number of H-pyrrole nitrogens is 1. The lowest BCUT2D eigenvalue weighted by Crippen LogP contribution is -2.05. The van der Waals surface area contributed by atoms with E-state index < -0.39 is 0 Å². The van der Waals surface area contributed by atoms with Gasteiger partial charge in [-0.25, -0.2) is 5.10 Å². The fourth-order valence-electron chi connectivity index (χ4n) is 3.07. The number of benzene rings is 2. The lowest BCUT2D eigenvalue weighted by molar-refractivity contribution is 0.288. The van der Waals surface area contributed by atoms with Gasteiger partial charge in [-0.05, 0) is 43.3 Å². The van der Waals surface area contributed by atoms with Crippen molar-refractivity contribution in [2.75, 3.05) is 0 Å². The van der Waals surface area contributed by atoms with Crippen molar-refractivity contribution >= 4 is 18.4 Å². The van der Waals surface area contributed by atoms with Crippen LogP contribution in [0.15, 0.2) is 66.0 Å². The minimum atomic E-state index is 0.252. The van der Waals surface area contributed by atoms with Crippen LogP contribution in [0.4, 0.5) is 0 Å². The van der Waals surface area contributed by atoms with Crippen LogP contribution in [0.1, 0.15) is 28.1 Å². The summed E-state index contributed by atoms with van der Waals surface area (Å²) in [6, 6.07) is 16.2. The molecular weight excluding hydrogens is 396 g/mol. The SMILES string of the molecule is Cc1ccc(OCc2n[nH]c(=S)n2/N=C\c2cnn(Cc3ccccc3)c2)c(C)c1. The van der Waals surface area contributed by atoms with Gasteiger partial charge in [0.05, 0.1) is 19.0 Å². The number of aromatic nitrogens is 5. The van der Waals surface area contributed by atoms with E-state index in [1.807, 2.05) is 48.1 Å². The minimum absolute atomic E-state index is 0.252. The monoisotopic (exact) mass is 418 g/mol. The van der Waals surface area contributed by atoms with Gasteiger partial charge in [-0.1, -0.05) is 48.0 Å². The first-order valence-corrected chi connectivity index (χ1v) is 9.96. The number of aryl methyl sites for hydroxylation is 2. The van der Waals surface area contributed by atoms with E-state index in [2.05, 4.69) is 45.5 Å². The molecule has 0 saturated carbocycles. The van der Waals surface area contributed by atoms with Gasteiger partial charge in [0.2, 0.25) is 4.77 Å². The molecule has 0 amide bonds. The van der Waals surface area contributed by atoms with Crippen molar-refractivity contribution in [1.82, 2.24) is 24.7 Å². The molecule has 0 saturated heterocycles. The molecule has 4 rings (SSSR count). The summed E-state index contributed by atoms with van der Waals surface area (Å²) < 4.78 is 9.75. The van der Waals surface area contributed by atoms with Gasteiger partial charge in [0.15, 0.2) is 5.82 Å². The summed E-state index contributed by atoms with van der Waals surface area (Å²) >= 11 is 5.31. The van der Waals surface area contributed by atoms with Gasteiger partial charge in [0.1, 0.15) is 12.4 Å². The highest BCUT2D eigenvalue weighted by molar-refractivity contribution is 7.71. The lowest BCUT2D eigenvalue weighted by Gasteiger charge is -2.09. The number of ether oxygens (including phenoxy) is 1. The fourth-order valence-corrected chi connectivity index (χ4v) is 3.27. The first kappa shape index (κ1) is 19.8. The van der Waals surface area contributed by atoms with Crippen LogP contribution in [0.5, 0.6) is 5.75 Å². The Kier molecular flexibility index (Phi) is 5.85. The smallest absolute Gasteiger partial charge is 0.216 e. The molecule has 0 spiro atoms. The summed E-state index contributed by atoms with van der Waals surface area (Å²) in [5.41, 5.74) is 4.33. The molecule has 0 radical (unpaired) electrons. The van der Waals surface area contributed by atoms with E-state index in [0.29, 0.717) is 17.1 Å². The number of hydrogen-bond acceptors (Lipinski definition) is 5. The highest BCUT2D eigenvalue weighted by atomic mass is 32.1. The predicted molar refractivity (Wildman–Crippen MR) is 118 cm³/mol. The van der Waals surface area contributed by atoms with Crippen molar-refractivity contribution in [1.29, 1.82) is 0 Å². The van der Waals surface area contributed by atoms with Crippen LogP contribution < -0.4 is 4.74 Å². The van der Waals surface area contributed by atoms with E-state index in [-0.39, 0.29) is 6.61 Å². The number of aromatic amines is 1. The highest BCUT2D eigenvalue weighted by Gasteiger charge is 2.08. The molecule has 0 aliphatic heterocycles. The van der Waals surface area contributed by atoms with Crippen molar-refractivity contribution in [3.63, 3.8) is 0 Å². The predicted octanol–water partition coefficient (Wildman–Crippen LogP) is 4.26. The molecule has 7 nitrogen and oxygen atoms in total. The maximum atomic E-state index is 5.91. The Morgan fingerprint density at radius 2 is 2.00 bits per heavy atom.